The Morgan fingerprint density at radius 2 is 1.86 bits per heavy atom. The second kappa shape index (κ2) is 11.5. The minimum Gasteiger partial charge on any atom is -0.490 e. The van der Waals surface area contributed by atoms with Crippen LogP contribution in [0, 0.1) is 0 Å². The number of hydrogen-bond donors (Lipinski definition) is 0. The zero-order valence-corrected chi connectivity index (χ0v) is 21.6. The molecule has 1 heterocycles. The second-order valence-electron chi connectivity index (χ2n) is 9.23. The first-order valence-electron chi connectivity index (χ1n) is 12.0. The van der Waals surface area contributed by atoms with Crippen LogP contribution in [-0.2, 0) is 28.9 Å². The minimum absolute atomic E-state index is 0.0798. The number of halogens is 1. The summed E-state index contributed by atoms with van der Waals surface area (Å²) in [6.07, 6.45) is 6.02. The molecule has 0 unspecified atom stereocenters. The van der Waals surface area contributed by atoms with Crippen LogP contribution < -0.4 is 4.74 Å². The maximum Gasteiger partial charge on any atom is 0.294 e. The largest absolute Gasteiger partial charge is 0.490 e. The van der Waals surface area contributed by atoms with Gasteiger partial charge < -0.3 is 9.64 Å². The van der Waals surface area contributed by atoms with E-state index in [0.29, 0.717) is 39.8 Å². The molecule has 1 aromatic heterocycles. The fraction of sp³-hybridized carbons (Fsp3) is 0.276. The molecule has 0 atom stereocenters. The van der Waals surface area contributed by atoms with E-state index in [4.69, 9.17) is 16.3 Å². The van der Waals surface area contributed by atoms with Gasteiger partial charge in [0.05, 0.1) is 16.8 Å². The molecule has 7 nitrogen and oxygen atoms in total. The van der Waals surface area contributed by atoms with E-state index in [1.165, 1.54) is 11.0 Å². The van der Waals surface area contributed by atoms with Crippen LogP contribution in [-0.4, -0.2) is 52.5 Å². The third kappa shape index (κ3) is 6.68. The predicted molar refractivity (Wildman–Crippen MR) is 141 cm³/mol. The van der Waals surface area contributed by atoms with Crippen molar-refractivity contribution in [1.82, 2.24) is 14.9 Å². The molecule has 1 saturated carbocycles. The Morgan fingerprint density at radius 1 is 1.11 bits per heavy atom. The number of rotatable bonds is 11. The number of carbonyl (C=O) groups is 3. The van der Waals surface area contributed by atoms with E-state index in [2.05, 4.69) is 16.5 Å². The number of aromatic nitrogens is 2. The molecule has 190 valence electrons. The lowest BCUT2D eigenvalue weighted by atomic mass is 9.98. The maximum atomic E-state index is 12.7. The molecule has 0 bridgehead atoms. The zero-order chi connectivity index (χ0) is 26.5. The highest BCUT2D eigenvalue weighted by Gasteiger charge is 2.25. The zero-order valence-electron chi connectivity index (χ0n) is 20.9. The van der Waals surface area contributed by atoms with E-state index < -0.39 is 11.7 Å². The van der Waals surface area contributed by atoms with E-state index >= 15 is 0 Å². The highest BCUT2D eigenvalue weighted by atomic mass is 35.5. The maximum absolute atomic E-state index is 12.7. The Kier molecular flexibility index (Phi) is 8.14. The lowest BCUT2D eigenvalue weighted by molar-refractivity contribution is -0.124. The minimum atomic E-state index is -0.596. The van der Waals surface area contributed by atoms with Gasteiger partial charge in [0.15, 0.2) is 5.78 Å². The fourth-order valence-corrected chi connectivity index (χ4v) is 4.01. The Balaban J connectivity index is 1.58. The summed E-state index contributed by atoms with van der Waals surface area (Å²) in [5.74, 6) is 0.00353. The summed E-state index contributed by atoms with van der Waals surface area (Å²) in [4.78, 5) is 47.3. The molecule has 8 heteroatoms. The van der Waals surface area contributed by atoms with Gasteiger partial charge in [-0.2, -0.15) is 0 Å². The van der Waals surface area contributed by atoms with Crippen molar-refractivity contribution in [2.45, 2.75) is 38.2 Å². The van der Waals surface area contributed by atoms with Crippen molar-refractivity contribution in [2.75, 3.05) is 14.1 Å². The standard InChI is InChI=1S/C29H28ClN3O4/c1-4-21(34)15-20-13-18(9-12-26(20)37-22-10-11-22)14-27-31-17-24(30)25(32-27)16-19-7-5-6-8-23(19)28(35)29(36)33(2)3/h4-9,12-13,17,22H,1,10-11,14-16H2,2-3H3. The Hall–Kier alpha value is -3.84. The van der Waals surface area contributed by atoms with E-state index in [9.17, 15) is 14.4 Å². The van der Waals surface area contributed by atoms with Crippen molar-refractivity contribution in [3.8, 4) is 5.75 Å². The summed E-state index contributed by atoms with van der Waals surface area (Å²) in [6, 6.07) is 12.7. The van der Waals surface area contributed by atoms with Crippen LogP contribution in [0.15, 0.2) is 61.3 Å². The van der Waals surface area contributed by atoms with Crippen molar-refractivity contribution in [3.63, 3.8) is 0 Å². The molecule has 0 aliphatic heterocycles. The Labute approximate surface area is 221 Å². The summed E-state index contributed by atoms with van der Waals surface area (Å²) < 4.78 is 5.98. The molecule has 0 N–H and O–H groups in total. The third-order valence-corrected chi connectivity index (χ3v) is 6.30. The highest BCUT2D eigenvalue weighted by Crippen LogP contribution is 2.31. The average molecular weight is 518 g/mol. The van der Waals surface area contributed by atoms with Gasteiger partial charge in [-0.25, -0.2) is 9.97 Å². The van der Waals surface area contributed by atoms with E-state index in [0.717, 1.165) is 24.0 Å². The lowest BCUT2D eigenvalue weighted by Crippen LogP contribution is -2.30. The van der Waals surface area contributed by atoms with E-state index in [1.807, 2.05) is 18.2 Å². The molecule has 1 aliphatic rings. The number of carbonyl (C=O) groups excluding carboxylic acids is 3. The van der Waals surface area contributed by atoms with Gasteiger partial charge in [0.25, 0.3) is 11.7 Å². The van der Waals surface area contributed by atoms with Gasteiger partial charge in [0.2, 0.25) is 0 Å². The van der Waals surface area contributed by atoms with Gasteiger partial charge in [-0.3, -0.25) is 14.4 Å². The molecule has 37 heavy (non-hydrogen) atoms. The van der Waals surface area contributed by atoms with Crippen molar-refractivity contribution in [1.29, 1.82) is 0 Å². The van der Waals surface area contributed by atoms with Crippen LogP contribution in [0.2, 0.25) is 5.02 Å². The first-order valence-corrected chi connectivity index (χ1v) is 12.4. The Bertz CT molecular complexity index is 1370. The average Bonchev–Trinajstić information content (AvgIpc) is 3.71. The topological polar surface area (TPSA) is 89.5 Å². The van der Waals surface area contributed by atoms with Crippen LogP contribution in [0.4, 0.5) is 0 Å². The quantitative estimate of drug-likeness (QED) is 0.212. The SMILES string of the molecule is C=CC(=O)Cc1cc(Cc2ncc(Cl)c(Cc3ccccc3C(=O)C(=O)N(C)C)n2)ccc1OC1CC1. The summed E-state index contributed by atoms with van der Waals surface area (Å²) >= 11 is 6.42. The highest BCUT2D eigenvalue weighted by molar-refractivity contribution is 6.43. The van der Waals surface area contributed by atoms with Crippen molar-refractivity contribution in [3.05, 3.63) is 100 Å². The number of ketones is 2. The predicted octanol–water partition coefficient (Wildman–Crippen LogP) is 4.42. The molecule has 1 aliphatic carbocycles. The number of likely N-dealkylation sites (N-methyl/N-ethyl adjacent to an activating group) is 1. The van der Waals surface area contributed by atoms with Gasteiger partial charge in [-0.15, -0.1) is 0 Å². The number of nitrogens with zero attached hydrogens (tertiary/aromatic N) is 3. The lowest BCUT2D eigenvalue weighted by Gasteiger charge is -2.13. The molecule has 1 amide bonds. The molecular formula is C29H28ClN3O4. The number of amides is 1. The summed E-state index contributed by atoms with van der Waals surface area (Å²) in [6.45, 7) is 3.57. The van der Waals surface area contributed by atoms with Crippen LogP contribution in [0.1, 0.15) is 51.4 Å². The third-order valence-electron chi connectivity index (χ3n) is 5.98. The second-order valence-corrected chi connectivity index (χ2v) is 9.63. The van der Waals surface area contributed by atoms with Gasteiger partial charge in [0, 0.05) is 50.7 Å². The van der Waals surface area contributed by atoms with Crippen LogP contribution in [0.3, 0.4) is 0 Å². The summed E-state index contributed by atoms with van der Waals surface area (Å²) in [5, 5.41) is 0.371. The van der Waals surface area contributed by atoms with Crippen molar-refractivity contribution >= 4 is 29.1 Å². The molecule has 0 saturated heterocycles. The molecular weight excluding hydrogens is 490 g/mol. The summed E-state index contributed by atoms with van der Waals surface area (Å²) in [5.41, 5.74) is 3.26. The molecule has 0 radical (unpaired) electrons. The van der Waals surface area contributed by atoms with Crippen LogP contribution in [0.5, 0.6) is 5.75 Å². The van der Waals surface area contributed by atoms with Crippen LogP contribution >= 0.6 is 11.6 Å². The number of benzene rings is 2. The first kappa shape index (κ1) is 26.2. The van der Waals surface area contributed by atoms with Crippen molar-refractivity contribution in [2.24, 2.45) is 0 Å². The number of hydrogen-bond acceptors (Lipinski definition) is 6. The molecule has 3 aromatic rings. The Morgan fingerprint density at radius 3 is 2.57 bits per heavy atom. The van der Waals surface area contributed by atoms with Gasteiger partial charge in [-0.05, 0) is 36.1 Å². The van der Waals surface area contributed by atoms with E-state index in [1.54, 1.807) is 44.6 Å². The van der Waals surface area contributed by atoms with Gasteiger partial charge in [0.1, 0.15) is 11.6 Å². The number of ether oxygens (including phenoxy) is 1. The molecule has 0 spiro atoms. The first-order chi connectivity index (χ1) is 17.7. The number of Topliss-reactive ketones (excluding diaryl/α,β-unsaturated/α-hetero) is 1. The summed E-state index contributed by atoms with van der Waals surface area (Å²) in [7, 11) is 3.08. The van der Waals surface area contributed by atoms with Gasteiger partial charge in [-0.1, -0.05) is 54.6 Å². The van der Waals surface area contributed by atoms with Gasteiger partial charge >= 0.3 is 0 Å². The normalized spacial score (nSPS) is 12.6. The molecule has 2 aromatic carbocycles. The van der Waals surface area contributed by atoms with Crippen molar-refractivity contribution < 1.29 is 19.1 Å². The molecule has 4 rings (SSSR count). The fourth-order valence-electron chi connectivity index (χ4n) is 3.85. The molecule has 1 fully saturated rings. The monoisotopic (exact) mass is 517 g/mol. The number of allylic oxidation sites excluding steroid dienone is 1. The van der Waals surface area contributed by atoms with E-state index in [-0.39, 0.29) is 24.7 Å². The van der Waals surface area contributed by atoms with Crippen LogP contribution in [0.25, 0.3) is 0 Å². The smallest absolute Gasteiger partial charge is 0.294 e.